The van der Waals surface area contributed by atoms with E-state index in [1.54, 1.807) is 6.21 Å². The van der Waals surface area contributed by atoms with Crippen LogP contribution < -0.4 is 11.1 Å². The molecule has 84 valence electrons. The first kappa shape index (κ1) is 9.77. The third kappa shape index (κ3) is 1.29. The number of hydrogen-bond donors (Lipinski definition) is 2. The minimum absolute atomic E-state index is 0.0110. The summed E-state index contributed by atoms with van der Waals surface area (Å²) in [5.41, 5.74) is 7.63. The van der Waals surface area contributed by atoms with Gasteiger partial charge in [-0.05, 0) is 11.6 Å². The summed E-state index contributed by atoms with van der Waals surface area (Å²) in [5, 5.41) is 2.19. The third-order valence-corrected chi connectivity index (χ3v) is 2.95. The van der Waals surface area contributed by atoms with Gasteiger partial charge in [-0.1, -0.05) is 18.2 Å². The van der Waals surface area contributed by atoms with Gasteiger partial charge in [-0.15, -0.1) is 0 Å². The van der Waals surface area contributed by atoms with E-state index < -0.39 is 11.8 Å². The molecule has 17 heavy (non-hydrogen) atoms. The number of benzene rings is 1. The molecular formula is C12H9N3O2. The highest BCUT2D eigenvalue weighted by Crippen LogP contribution is 2.37. The number of aliphatic imine (C=N–C) groups is 1. The molecule has 0 unspecified atom stereocenters. The zero-order chi connectivity index (χ0) is 12.0. The third-order valence-electron chi connectivity index (χ3n) is 2.95. The molecular weight excluding hydrogens is 218 g/mol. The predicted molar refractivity (Wildman–Crippen MR) is 61.7 cm³/mol. The average Bonchev–Trinajstić information content (AvgIpc) is 2.82. The molecule has 0 radical (unpaired) electrons. The second-order valence-corrected chi connectivity index (χ2v) is 3.93. The highest BCUT2D eigenvalue weighted by Gasteiger charge is 2.36. The van der Waals surface area contributed by atoms with E-state index in [1.807, 2.05) is 24.3 Å². The van der Waals surface area contributed by atoms with Gasteiger partial charge in [0.2, 0.25) is 0 Å². The predicted octanol–water partition coefficient (Wildman–Crippen LogP) is 0.355. The maximum Gasteiger partial charge on any atom is 0.274 e. The number of fused-ring (bicyclic) bond motifs is 1. The van der Waals surface area contributed by atoms with E-state index in [-0.39, 0.29) is 11.6 Å². The Bertz CT molecular complexity index is 602. The Morgan fingerprint density at radius 2 is 1.94 bits per heavy atom. The van der Waals surface area contributed by atoms with E-state index in [9.17, 15) is 9.59 Å². The summed E-state index contributed by atoms with van der Waals surface area (Å²) in [7, 11) is 0. The normalized spacial score (nSPS) is 22.0. The van der Waals surface area contributed by atoms with Crippen LogP contribution in [0.25, 0.3) is 0 Å². The molecule has 0 aromatic heterocycles. The van der Waals surface area contributed by atoms with Gasteiger partial charge in [-0.25, -0.2) is 0 Å². The number of nitrogens with two attached hydrogens (primary N) is 1. The van der Waals surface area contributed by atoms with Crippen LogP contribution in [0.3, 0.4) is 0 Å². The van der Waals surface area contributed by atoms with Gasteiger partial charge in [0.1, 0.15) is 5.70 Å². The van der Waals surface area contributed by atoms with Crippen molar-refractivity contribution in [1.82, 2.24) is 5.32 Å². The average molecular weight is 227 g/mol. The summed E-state index contributed by atoms with van der Waals surface area (Å²) >= 11 is 0. The van der Waals surface area contributed by atoms with Gasteiger partial charge >= 0.3 is 0 Å². The molecule has 0 saturated heterocycles. The van der Waals surface area contributed by atoms with E-state index >= 15 is 0 Å². The van der Waals surface area contributed by atoms with Crippen molar-refractivity contribution in [3.05, 3.63) is 41.1 Å². The Hall–Kier alpha value is -2.43. The van der Waals surface area contributed by atoms with Crippen molar-refractivity contribution in [3.63, 3.8) is 0 Å². The van der Waals surface area contributed by atoms with Gasteiger partial charge in [-0.2, -0.15) is 0 Å². The molecule has 1 aromatic rings. The number of rotatable bonds is 1. The van der Waals surface area contributed by atoms with E-state index in [4.69, 9.17) is 5.73 Å². The molecule has 2 aliphatic rings. The molecule has 2 heterocycles. The fraction of sp³-hybridized carbons (Fsp3) is 0.0833. The topological polar surface area (TPSA) is 84.5 Å². The van der Waals surface area contributed by atoms with Crippen molar-refractivity contribution < 1.29 is 9.59 Å². The summed E-state index contributed by atoms with van der Waals surface area (Å²) < 4.78 is 0. The number of nitrogens with one attached hydrogen (secondary N) is 1. The Kier molecular flexibility index (Phi) is 1.89. The number of hydrogen-bond acceptors (Lipinski definition) is 4. The van der Waals surface area contributed by atoms with Crippen LogP contribution in [0, 0.1) is 0 Å². The zero-order valence-corrected chi connectivity index (χ0v) is 8.81. The van der Waals surface area contributed by atoms with Crippen LogP contribution in [0.1, 0.15) is 11.5 Å². The van der Waals surface area contributed by atoms with Crippen LogP contribution >= 0.6 is 0 Å². The molecule has 0 fully saturated rings. The number of nitrogens with zero attached hydrogens (tertiary/aromatic N) is 1. The van der Waals surface area contributed by atoms with Crippen LogP contribution in [-0.4, -0.2) is 18.0 Å². The highest BCUT2D eigenvalue weighted by atomic mass is 16.2. The summed E-state index contributed by atoms with van der Waals surface area (Å²) in [6.45, 7) is 0. The number of amides is 2. The van der Waals surface area contributed by atoms with E-state index in [1.165, 1.54) is 0 Å². The molecule has 0 spiro atoms. The molecule has 5 heteroatoms. The fourth-order valence-corrected chi connectivity index (χ4v) is 2.12. The first-order chi connectivity index (χ1) is 8.18. The van der Waals surface area contributed by atoms with Gasteiger partial charge in [0, 0.05) is 6.21 Å². The van der Waals surface area contributed by atoms with Crippen molar-refractivity contribution >= 4 is 23.7 Å². The number of imide groups is 1. The molecule has 3 N–H and O–H groups in total. The van der Waals surface area contributed by atoms with E-state index in [0.717, 1.165) is 11.3 Å². The van der Waals surface area contributed by atoms with Crippen molar-refractivity contribution in [3.8, 4) is 0 Å². The lowest BCUT2D eigenvalue weighted by atomic mass is 9.92. The number of carbonyl (C=O) groups excluding carboxylic acids is 2. The van der Waals surface area contributed by atoms with Gasteiger partial charge < -0.3 is 5.73 Å². The lowest BCUT2D eigenvalue weighted by molar-refractivity contribution is -0.124. The first-order valence-electron chi connectivity index (χ1n) is 5.17. The van der Waals surface area contributed by atoms with Crippen molar-refractivity contribution in [2.45, 2.75) is 5.92 Å². The Balaban J connectivity index is 2.12. The molecule has 3 rings (SSSR count). The van der Waals surface area contributed by atoms with Gasteiger partial charge in [0.25, 0.3) is 11.8 Å². The maximum atomic E-state index is 11.7. The largest absolute Gasteiger partial charge is 0.394 e. The van der Waals surface area contributed by atoms with E-state index in [0.29, 0.717) is 5.57 Å². The maximum absolute atomic E-state index is 11.7. The minimum atomic E-state index is -0.525. The molecule has 0 saturated carbocycles. The lowest BCUT2D eigenvalue weighted by Crippen LogP contribution is -2.25. The van der Waals surface area contributed by atoms with Gasteiger partial charge in [0.15, 0.2) is 0 Å². The van der Waals surface area contributed by atoms with Crippen molar-refractivity contribution in [1.29, 1.82) is 0 Å². The first-order valence-corrected chi connectivity index (χ1v) is 5.17. The summed E-state index contributed by atoms with van der Waals surface area (Å²) in [6.07, 6.45) is 1.64. The van der Waals surface area contributed by atoms with Crippen molar-refractivity contribution in [2.75, 3.05) is 0 Å². The van der Waals surface area contributed by atoms with Crippen LogP contribution in [0.2, 0.25) is 0 Å². The summed E-state index contributed by atoms with van der Waals surface area (Å²) in [4.78, 5) is 27.2. The summed E-state index contributed by atoms with van der Waals surface area (Å²) in [5.74, 6) is -1.28. The molecule has 5 nitrogen and oxygen atoms in total. The monoisotopic (exact) mass is 227 g/mol. The summed E-state index contributed by atoms with van der Waals surface area (Å²) in [6, 6.07) is 7.47. The van der Waals surface area contributed by atoms with E-state index in [2.05, 4.69) is 10.3 Å². The van der Waals surface area contributed by atoms with Crippen LogP contribution in [0.15, 0.2) is 40.5 Å². The van der Waals surface area contributed by atoms with Gasteiger partial charge in [-0.3, -0.25) is 19.9 Å². The molecule has 1 aromatic carbocycles. The van der Waals surface area contributed by atoms with Crippen LogP contribution in [0.5, 0.6) is 0 Å². The Morgan fingerprint density at radius 3 is 2.65 bits per heavy atom. The second kappa shape index (κ2) is 3.28. The SMILES string of the molecule is NC1=C([C@H]2C=Nc3ccccc32)C(=O)NC1=O. The minimum Gasteiger partial charge on any atom is -0.394 e. The Morgan fingerprint density at radius 1 is 1.18 bits per heavy atom. The molecule has 0 aliphatic carbocycles. The highest BCUT2D eigenvalue weighted by molar-refractivity contribution is 6.21. The number of carbonyl (C=O) groups is 2. The lowest BCUT2D eigenvalue weighted by Gasteiger charge is -2.08. The van der Waals surface area contributed by atoms with Crippen LogP contribution in [-0.2, 0) is 9.59 Å². The van der Waals surface area contributed by atoms with Gasteiger partial charge in [0.05, 0.1) is 17.2 Å². The number of para-hydroxylation sites is 1. The quantitative estimate of drug-likeness (QED) is 0.679. The molecule has 2 aliphatic heterocycles. The standard InChI is InChI=1S/C12H9N3O2/c13-10-9(11(16)15-12(10)17)7-5-14-8-4-2-1-3-6(7)8/h1-5,7H,(H3,13,15,16,17)/t7-/m0/s1. The fourth-order valence-electron chi connectivity index (χ4n) is 2.12. The smallest absolute Gasteiger partial charge is 0.274 e. The van der Waals surface area contributed by atoms with Crippen LogP contribution in [0.4, 0.5) is 5.69 Å². The van der Waals surface area contributed by atoms with Crippen molar-refractivity contribution in [2.24, 2.45) is 10.7 Å². The molecule has 0 bridgehead atoms. The molecule has 2 amide bonds. The Labute approximate surface area is 97.0 Å². The zero-order valence-electron chi connectivity index (χ0n) is 8.81. The molecule has 1 atom stereocenters. The second-order valence-electron chi connectivity index (χ2n) is 3.93.